The minimum atomic E-state index is -5.23. The van der Waals surface area contributed by atoms with Crippen LogP contribution < -0.4 is 4.74 Å². The molecule has 1 radical (unpaired) electrons. The fourth-order valence-electron chi connectivity index (χ4n) is 0.685. The Bertz CT molecular complexity index is 346. The number of hydrogen-bond acceptors (Lipinski definition) is 3. The SMILES string of the molecule is FC(F)(F)Oc1cn[c]nc1C(F)(F)F. The molecule has 1 aromatic rings. The molecule has 1 aromatic heterocycles. The molecule has 1 rings (SSSR count). The lowest BCUT2D eigenvalue weighted by Gasteiger charge is -2.12. The molecular weight excluding hydrogens is 230 g/mol. The van der Waals surface area contributed by atoms with Crippen molar-refractivity contribution in [3.63, 3.8) is 0 Å². The highest BCUT2D eigenvalue weighted by Crippen LogP contribution is 2.35. The van der Waals surface area contributed by atoms with Gasteiger partial charge in [-0.25, -0.2) is 9.97 Å². The maximum absolute atomic E-state index is 12.1. The normalized spacial score (nSPS) is 12.7. The Labute approximate surface area is 78.7 Å². The maximum Gasteiger partial charge on any atom is 0.573 e. The summed E-state index contributed by atoms with van der Waals surface area (Å²) in [5.74, 6) is -1.51. The molecule has 0 atom stereocenters. The standard InChI is InChI=1S/C6HF6N2O/c7-5(8,9)4-3(1-13-2-14-4)15-6(10,11)12/h1H. The van der Waals surface area contributed by atoms with Crippen molar-refractivity contribution in [1.29, 1.82) is 0 Å². The third kappa shape index (κ3) is 3.26. The Kier molecular flexibility index (Phi) is 2.73. The van der Waals surface area contributed by atoms with Crippen molar-refractivity contribution >= 4 is 0 Å². The van der Waals surface area contributed by atoms with Crippen LogP contribution in [0.4, 0.5) is 26.3 Å². The van der Waals surface area contributed by atoms with Crippen molar-refractivity contribution in [2.75, 3.05) is 0 Å². The lowest BCUT2D eigenvalue weighted by Crippen LogP contribution is -2.21. The molecule has 83 valence electrons. The summed E-state index contributed by atoms with van der Waals surface area (Å²) in [5.41, 5.74) is -1.82. The van der Waals surface area contributed by atoms with Gasteiger partial charge in [0, 0.05) is 0 Å². The predicted molar refractivity (Wildman–Crippen MR) is 32.6 cm³/mol. The fourth-order valence-corrected chi connectivity index (χ4v) is 0.685. The van der Waals surface area contributed by atoms with Crippen LogP contribution in [-0.2, 0) is 6.18 Å². The summed E-state index contributed by atoms with van der Waals surface area (Å²) >= 11 is 0. The van der Waals surface area contributed by atoms with Crippen LogP contribution in [0.1, 0.15) is 5.69 Å². The van der Waals surface area contributed by atoms with Gasteiger partial charge < -0.3 is 4.74 Å². The van der Waals surface area contributed by atoms with Gasteiger partial charge in [0.2, 0.25) is 0 Å². The van der Waals surface area contributed by atoms with E-state index in [0.29, 0.717) is 0 Å². The first-order valence-electron chi connectivity index (χ1n) is 3.26. The van der Waals surface area contributed by atoms with E-state index in [-0.39, 0.29) is 6.20 Å². The average Bonchev–Trinajstić information content (AvgIpc) is 1.99. The van der Waals surface area contributed by atoms with E-state index in [2.05, 4.69) is 14.7 Å². The van der Waals surface area contributed by atoms with Crippen LogP contribution in [0.3, 0.4) is 0 Å². The number of rotatable bonds is 1. The van der Waals surface area contributed by atoms with Crippen molar-refractivity contribution in [3.05, 3.63) is 18.2 Å². The highest BCUT2D eigenvalue weighted by Gasteiger charge is 2.40. The molecule has 9 heteroatoms. The Morgan fingerprint density at radius 3 is 2.20 bits per heavy atom. The van der Waals surface area contributed by atoms with Crippen molar-refractivity contribution in [1.82, 2.24) is 9.97 Å². The molecule has 1 heterocycles. The largest absolute Gasteiger partial charge is 0.573 e. The molecule has 0 aromatic carbocycles. The number of halogens is 6. The summed E-state index contributed by atoms with van der Waals surface area (Å²) in [6.07, 6.45) is -8.52. The van der Waals surface area contributed by atoms with E-state index < -0.39 is 24.0 Å². The molecular formula is C6HF6N2O. The summed E-state index contributed by atoms with van der Waals surface area (Å²) in [6.45, 7) is 0. The zero-order chi connectivity index (χ0) is 11.7. The number of alkyl halides is 6. The van der Waals surface area contributed by atoms with Gasteiger partial charge in [-0.15, -0.1) is 13.2 Å². The molecule has 0 amide bonds. The van der Waals surface area contributed by atoms with Gasteiger partial charge in [-0.05, 0) is 0 Å². The third-order valence-corrected chi connectivity index (χ3v) is 1.13. The second-order valence-corrected chi connectivity index (χ2v) is 2.23. The molecule has 0 aliphatic heterocycles. The van der Waals surface area contributed by atoms with E-state index in [1.165, 1.54) is 6.33 Å². The molecule has 0 saturated heterocycles. The van der Waals surface area contributed by atoms with Gasteiger partial charge >= 0.3 is 12.5 Å². The minimum absolute atomic E-state index is 0.239. The van der Waals surface area contributed by atoms with Crippen LogP contribution >= 0.6 is 0 Å². The molecule has 0 aliphatic rings. The Morgan fingerprint density at radius 2 is 1.73 bits per heavy atom. The molecule has 0 aliphatic carbocycles. The zero-order valence-corrected chi connectivity index (χ0v) is 6.65. The highest BCUT2D eigenvalue weighted by molar-refractivity contribution is 5.25. The van der Waals surface area contributed by atoms with Crippen LogP contribution in [0.5, 0.6) is 5.75 Å². The molecule has 0 unspecified atom stereocenters. The second kappa shape index (κ2) is 3.55. The van der Waals surface area contributed by atoms with E-state index in [9.17, 15) is 26.3 Å². The summed E-state index contributed by atoms with van der Waals surface area (Å²) in [4.78, 5) is 5.43. The van der Waals surface area contributed by atoms with Gasteiger partial charge in [-0.3, -0.25) is 0 Å². The number of nitrogens with zero attached hydrogens (tertiary/aromatic N) is 2. The molecule has 0 fully saturated rings. The maximum atomic E-state index is 12.1. The van der Waals surface area contributed by atoms with Crippen LogP contribution in [-0.4, -0.2) is 16.3 Å². The molecule has 3 nitrogen and oxygen atoms in total. The van der Waals surface area contributed by atoms with E-state index in [1.54, 1.807) is 0 Å². The van der Waals surface area contributed by atoms with Gasteiger partial charge in [0.15, 0.2) is 17.8 Å². The number of hydrogen-bond donors (Lipinski definition) is 0. The third-order valence-electron chi connectivity index (χ3n) is 1.13. The van der Waals surface area contributed by atoms with Gasteiger partial charge in [0.1, 0.15) is 0 Å². The Hall–Kier alpha value is -1.54. The molecule has 0 bridgehead atoms. The van der Waals surface area contributed by atoms with Gasteiger partial charge in [0.05, 0.1) is 6.20 Å². The molecule has 15 heavy (non-hydrogen) atoms. The predicted octanol–water partition coefficient (Wildman–Crippen LogP) is 2.19. The zero-order valence-electron chi connectivity index (χ0n) is 6.65. The highest BCUT2D eigenvalue weighted by atomic mass is 19.4. The smallest absolute Gasteiger partial charge is 0.402 e. The lowest BCUT2D eigenvalue weighted by atomic mass is 10.4. The summed E-state index contributed by atoms with van der Waals surface area (Å²) in [7, 11) is 0. The first-order valence-corrected chi connectivity index (χ1v) is 3.26. The first kappa shape index (κ1) is 11.5. The Morgan fingerprint density at radius 1 is 1.13 bits per heavy atom. The van der Waals surface area contributed by atoms with Crippen molar-refractivity contribution in [2.24, 2.45) is 0 Å². The van der Waals surface area contributed by atoms with Crippen LogP contribution in [0.2, 0.25) is 0 Å². The van der Waals surface area contributed by atoms with E-state index in [1.807, 2.05) is 0 Å². The summed E-state index contributed by atoms with van der Waals surface area (Å²) < 4.78 is 74.3. The van der Waals surface area contributed by atoms with Gasteiger partial charge in [-0.2, -0.15) is 13.2 Å². The lowest BCUT2D eigenvalue weighted by molar-refractivity contribution is -0.276. The summed E-state index contributed by atoms with van der Waals surface area (Å²) in [6, 6.07) is 0. The molecule has 0 spiro atoms. The van der Waals surface area contributed by atoms with Gasteiger partial charge in [-0.1, -0.05) is 0 Å². The monoisotopic (exact) mass is 231 g/mol. The minimum Gasteiger partial charge on any atom is -0.402 e. The quantitative estimate of drug-likeness (QED) is 0.695. The molecule has 0 N–H and O–H groups in total. The molecule has 0 saturated carbocycles. The number of ether oxygens (including phenoxy) is 1. The van der Waals surface area contributed by atoms with E-state index in [4.69, 9.17) is 0 Å². The second-order valence-electron chi connectivity index (χ2n) is 2.23. The van der Waals surface area contributed by atoms with Crippen LogP contribution in [0.25, 0.3) is 0 Å². The topological polar surface area (TPSA) is 35.0 Å². The van der Waals surface area contributed by atoms with Crippen molar-refractivity contribution < 1.29 is 31.1 Å². The average molecular weight is 231 g/mol. The van der Waals surface area contributed by atoms with Crippen molar-refractivity contribution in [3.8, 4) is 5.75 Å². The van der Waals surface area contributed by atoms with Gasteiger partial charge in [0.25, 0.3) is 0 Å². The van der Waals surface area contributed by atoms with E-state index in [0.717, 1.165) is 0 Å². The Balaban J connectivity index is 3.08. The fraction of sp³-hybridized carbons (Fsp3) is 0.333. The van der Waals surface area contributed by atoms with Crippen LogP contribution in [0, 0.1) is 6.33 Å². The van der Waals surface area contributed by atoms with E-state index >= 15 is 0 Å². The summed E-state index contributed by atoms with van der Waals surface area (Å²) in [5, 5.41) is 0. The van der Waals surface area contributed by atoms with Crippen molar-refractivity contribution in [2.45, 2.75) is 12.5 Å². The van der Waals surface area contributed by atoms with Crippen LogP contribution in [0.15, 0.2) is 6.20 Å². The first-order chi connectivity index (χ1) is 6.70. The number of aromatic nitrogens is 2.